The summed E-state index contributed by atoms with van der Waals surface area (Å²) in [6.07, 6.45) is -3.75. The molecule has 0 aliphatic carbocycles. The summed E-state index contributed by atoms with van der Waals surface area (Å²) in [6.45, 7) is 0. The van der Waals surface area contributed by atoms with Crippen molar-refractivity contribution in [3.8, 4) is 11.3 Å². The molecule has 1 aromatic heterocycles. The summed E-state index contributed by atoms with van der Waals surface area (Å²) in [4.78, 5) is 14.3. The molecule has 0 radical (unpaired) electrons. The molecule has 0 N–H and O–H groups in total. The number of rotatable bonds is 2. The second kappa shape index (κ2) is 5.61. The summed E-state index contributed by atoms with van der Waals surface area (Å²) < 4.78 is 50.9. The molecule has 0 aliphatic rings. The first-order chi connectivity index (χ1) is 9.74. The average Bonchev–Trinajstić information content (AvgIpc) is 2.38. The van der Waals surface area contributed by atoms with Crippen molar-refractivity contribution in [1.82, 2.24) is 4.98 Å². The molecular weight excluding hydrogens is 333 g/mol. The summed E-state index contributed by atoms with van der Waals surface area (Å²) >= 11 is 11.6. The molecule has 2 aromatic rings. The molecule has 110 valence electrons. The number of benzene rings is 1. The van der Waals surface area contributed by atoms with Gasteiger partial charge in [-0.1, -0.05) is 23.2 Å². The summed E-state index contributed by atoms with van der Waals surface area (Å²) in [5.41, 5.74) is -1.33. The number of carbonyl (C=O) groups is 1. The van der Waals surface area contributed by atoms with E-state index in [2.05, 4.69) is 4.98 Å². The summed E-state index contributed by atoms with van der Waals surface area (Å²) in [5.74, 6) is -0.846. The van der Waals surface area contributed by atoms with Gasteiger partial charge in [-0.2, -0.15) is 13.2 Å². The number of carbonyl (C=O) groups excluding carboxylic acids is 1. The smallest absolute Gasteiger partial charge is 0.298 e. The first-order valence-electron chi connectivity index (χ1n) is 5.41. The number of alkyl halides is 3. The fourth-order valence-corrected chi connectivity index (χ4v) is 2.14. The number of nitrogens with zero attached hydrogens (tertiary/aromatic N) is 1. The topological polar surface area (TPSA) is 30.0 Å². The van der Waals surface area contributed by atoms with E-state index in [-0.39, 0.29) is 33.2 Å². The van der Waals surface area contributed by atoms with Crippen molar-refractivity contribution < 1.29 is 22.4 Å². The monoisotopic (exact) mass is 337 g/mol. The number of aromatic nitrogens is 1. The zero-order chi connectivity index (χ0) is 15.8. The van der Waals surface area contributed by atoms with Crippen molar-refractivity contribution in [3.63, 3.8) is 0 Å². The Morgan fingerprint density at radius 1 is 1.10 bits per heavy atom. The molecule has 0 aliphatic heterocycles. The normalized spacial score (nSPS) is 11.5. The zero-order valence-corrected chi connectivity index (χ0v) is 11.5. The van der Waals surface area contributed by atoms with Gasteiger partial charge in [0.2, 0.25) is 0 Å². The van der Waals surface area contributed by atoms with E-state index in [0.717, 1.165) is 12.1 Å². The van der Waals surface area contributed by atoms with Crippen LogP contribution in [0.3, 0.4) is 0 Å². The lowest BCUT2D eigenvalue weighted by Crippen LogP contribution is -2.06. The molecule has 0 atom stereocenters. The quantitative estimate of drug-likeness (QED) is 0.568. The summed E-state index contributed by atoms with van der Waals surface area (Å²) in [6, 6.07) is 2.63. The molecule has 0 spiro atoms. The van der Waals surface area contributed by atoms with E-state index >= 15 is 0 Å². The van der Waals surface area contributed by atoms with Gasteiger partial charge in [-0.05, 0) is 18.2 Å². The zero-order valence-electron chi connectivity index (χ0n) is 10.0. The maximum atomic E-state index is 13.3. The lowest BCUT2D eigenvalue weighted by atomic mass is 10.1. The highest BCUT2D eigenvalue weighted by atomic mass is 35.5. The van der Waals surface area contributed by atoms with Crippen molar-refractivity contribution in [2.45, 2.75) is 6.18 Å². The van der Waals surface area contributed by atoms with Crippen molar-refractivity contribution >= 4 is 29.5 Å². The summed E-state index contributed by atoms with van der Waals surface area (Å²) in [7, 11) is 0. The molecular formula is C13H5Cl2F4NO. The van der Waals surface area contributed by atoms with Gasteiger partial charge in [0, 0.05) is 11.8 Å². The lowest BCUT2D eigenvalue weighted by Gasteiger charge is -2.11. The Bertz CT molecular complexity index is 716. The van der Waals surface area contributed by atoms with Crippen LogP contribution in [0.5, 0.6) is 0 Å². The minimum Gasteiger partial charge on any atom is -0.298 e. The molecule has 2 rings (SSSR count). The largest absolute Gasteiger partial charge is 0.417 e. The molecule has 0 saturated heterocycles. The van der Waals surface area contributed by atoms with Crippen molar-refractivity contribution in [3.05, 3.63) is 51.4 Å². The Morgan fingerprint density at radius 3 is 2.29 bits per heavy atom. The standard InChI is InChI=1S/C13H5Cl2F4NO/c14-9-3-11(16)6(5-21)1-8(9)12-10(15)2-7(4-20-12)13(17,18)19/h1-5H. The van der Waals surface area contributed by atoms with Gasteiger partial charge in [0.1, 0.15) is 5.82 Å². The molecule has 2 nitrogen and oxygen atoms in total. The number of hydrogen-bond acceptors (Lipinski definition) is 2. The second-order valence-corrected chi connectivity index (χ2v) is 4.84. The Hall–Kier alpha value is -1.66. The van der Waals surface area contributed by atoms with E-state index in [4.69, 9.17) is 23.2 Å². The lowest BCUT2D eigenvalue weighted by molar-refractivity contribution is -0.137. The number of aldehydes is 1. The Kier molecular flexibility index (Phi) is 4.20. The van der Waals surface area contributed by atoms with Gasteiger partial charge in [0.05, 0.1) is 26.9 Å². The predicted octanol–water partition coefficient (Wildman–Crippen LogP) is 5.03. The highest BCUT2D eigenvalue weighted by molar-refractivity contribution is 6.36. The van der Waals surface area contributed by atoms with Gasteiger partial charge < -0.3 is 0 Å². The van der Waals surface area contributed by atoms with E-state index in [1.807, 2.05) is 0 Å². The van der Waals surface area contributed by atoms with Gasteiger partial charge in [0.25, 0.3) is 0 Å². The fourth-order valence-electron chi connectivity index (χ4n) is 1.63. The van der Waals surface area contributed by atoms with E-state index in [0.29, 0.717) is 12.3 Å². The second-order valence-electron chi connectivity index (χ2n) is 4.02. The van der Waals surface area contributed by atoms with Gasteiger partial charge in [-0.3, -0.25) is 9.78 Å². The highest BCUT2D eigenvalue weighted by Gasteiger charge is 2.31. The maximum absolute atomic E-state index is 13.3. The van der Waals surface area contributed by atoms with Gasteiger partial charge in [0.15, 0.2) is 6.29 Å². The molecule has 0 saturated carbocycles. The summed E-state index contributed by atoms with van der Waals surface area (Å²) in [5, 5.41) is -0.428. The van der Waals surface area contributed by atoms with Gasteiger partial charge in [-0.25, -0.2) is 4.39 Å². The highest BCUT2D eigenvalue weighted by Crippen LogP contribution is 2.36. The molecule has 1 heterocycles. The first-order valence-corrected chi connectivity index (χ1v) is 6.17. The van der Waals surface area contributed by atoms with Crippen LogP contribution in [0.25, 0.3) is 11.3 Å². The molecule has 8 heteroatoms. The van der Waals surface area contributed by atoms with E-state index < -0.39 is 17.6 Å². The van der Waals surface area contributed by atoms with Crippen LogP contribution in [0.4, 0.5) is 17.6 Å². The fraction of sp³-hybridized carbons (Fsp3) is 0.0769. The van der Waals surface area contributed by atoms with Crippen LogP contribution in [0.2, 0.25) is 10.0 Å². The molecule has 0 bridgehead atoms. The van der Waals surface area contributed by atoms with Crippen LogP contribution in [-0.4, -0.2) is 11.3 Å². The van der Waals surface area contributed by atoms with E-state index in [1.165, 1.54) is 0 Å². The molecule has 0 amide bonds. The SMILES string of the molecule is O=Cc1cc(-c2ncc(C(F)(F)F)cc2Cl)c(Cl)cc1F. The van der Waals surface area contributed by atoms with Gasteiger partial charge >= 0.3 is 6.18 Å². The third-order valence-electron chi connectivity index (χ3n) is 2.64. The van der Waals surface area contributed by atoms with E-state index in [9.17, 15) is 22.4 Å². The van der Waals surface area contributed by atoms with Crippen LogP contribution in [0, 0.1) is 5.82 Å². The maximum Gasteiger partial charge on any atom is 0.417 e. The third-order valence-corrected chi connectivity index (χ3v) is 3.24. The molecule has 0 unspecified atom stereocenters. The van der Waals surface area contributed by atoms with Crippen LogP contribution in [0.1, 0.15) is 15.9 Å². The van der Waals surface area contributed by atoms with Crippen molar-refractivity contribution in [2.75, 3.05) is 0 Å². The molecule has 1 aromatic carbocycles. The van der Waals surface area contributed by atoms with Crippen molar-refractivity contribution in [2.24, 2.45) is 0 Å². The van der Waals surface area contributed by atoms with Gasteiger partial charge in [-0.15, -0.1) is 0 Å². The van der Waals surface area contributed by atoms with Crippen LogP contribution in [0.15, 0.2) is 24.4 Å². The van der Waals surface area contributed by atoms with Crippen molar-refractivity contribution in [1.29, 1.82) is 0 Å². The van der Waals surface area contributed by atoms with Crippen LogP contribution in [-0.2, 0) is 6.18 Å². The number of halogens is 6. The van der Waals surface area contributed by atoms with Crippen LogP contribution < -0.4 is 0 Å². The first kappa shape index (κ1) is 15.7. The molecule has 21 heavy (non-hydrogen) atoms. The predicted molar refractivity (Wildman–Crippen MR) is 70.0 cm³/mol. The molecule has 0 fully saturated rings. The number of hydrogen-bond donors (Lipinski definition) is 0. The third kappa shape index (κ3) is 3.16. The minimum atomic E-state index is -4.59. The number of pyridine rings is 1. The van der Waals surface area contributed by atoms with Crippen LogP contribution >= 0.6 is 23.2 Å². The Morgan fingerprint density at radius 2 is 1.76 bits per heavy atom. The Balaban J connectivity index is 2.60. The van der Waals surface area contributed by atoms with E-state index in [1.54, 1.807) is 0 Å². The Labute approximate surface area is 126 Å². The average molecular weight is 338 g/mol. The minimum absolute atomic E-state index is 0.0684.